The van der Waals surface area contributed by atoms with Gasteiger partial charge in [-0.3, -0.25) is 4.79 Å². The van der Waals surface area contributed by atoms with Gasteiger partial charge in [-0.15, -0.1) is 0 Å². The maximum atomic E-state index is 11.0. The Kier molecular flexibility index (Phi) is 4.11. The lowest BCUT2D eigenvalue weighted by Gasteiger charge is -2.26. The highest BCUT2D eigenvalue weighted by atomic mass is 16.4. The number of Topliss-reactive ketones (excluding diaryl/α,β-unsaturated/α-hetero) is 1. The van der Waals surface area contributed by atoms with E-state index in [0.29, 0.717) is 5.92 Å². The summed E-state index contributed by atoms with van der Waals surface area (Å²) in [6.45, 7) is 2.19. The van der Waals surface area contributed by atoms with Crippen LogP contribution in [0.5, 0.6) is 0 Å². The van der Waals surface area contributed by atoms with Gasteiger partial charge in [0.1, 0.15) is 0 Å². The van der Waals surface area contributed by atoms with Gasteiger partial charge >= 0.3 is 5.97 Å². The van der Waals surface area contributed by atoms with Crippen LogP contribution in [0.4, 0.5) is 0 Å². The first-order chi connectivity index (χ1) is 6.63. The second kappa shape index (κ2) is 5.13. The summed E-state index contributed by atoms with van der Waals surface area (Å²) < 4.78 is 0. The van der Waals surface area contributed by atoms with Gasteiger partial charge in [0.25, 0.3) is 0 Å². The van der Waals surface area contributed by atoms with E-state index in [1.165, 1.54) is 6.42 Å². The number of rotatable bonds is 4. The average molecular weight is 198 g/mol. The van der Waals surface area contributed by atoms with Crippen LogP contribution in [0.15, 0.2) is 0 Å². The van der Waals surface area contributed by atoms with Crippen molar-refractivity contribution in [2.45, 2.75) is 45.4 Å². The molecule has 0 aromatic carbocycles. The standard InChI is InChI=1S/C11H18O3/c1-2-8-3-5-9(6-4-8)7-10(12)11(13)14/h8-9H,2-7H2,1H3,(H,13,14). The summed E-state index contributed by atoms with van der Waals surface area (Å²) in [4.78, 5) is 21.3. The molecule has 0 spiro atoms. The summed E-state index contributed by atoms with van der Waals surface area (Å²) in [5.74, 6) is -0.778. The van der Waals surface area contributed by atoms with Gasteiger partial charge < -0.3 is 5.11 Å². The minimum atomic E-state index is -1.28. The summed E-state index contributed by atoms with van der Waals surface area (Å²) >= 11 is 0. The molecule has 80 valence electrons. The number of hydrogen-bond acceptors (Lipinski definition) is 2. The second-order valence-corrected chi connectivity index (χ2v) is 4.23. The summed E-state index contributed by atoms with van der Waals surface area (Å²) in [5.41, 5.74) is 0. The highest BCUT2D eigenvalue weighted by Gasteiger charge is 2.24. The Bertz CT molecular complexity index is 215. The minimum Gasteiger partial charge on any atom is -0.476 e. The van der Waals surface area contributed by atoms with E-state index < -0.39 is 11.8 Å². The van der Waals surface area contributed by atoms with Crippen molar-refractivity contribution >= 4 is 11.8 Å². The Morgan fingerprint density at radius 2 is 1.64 bits per heavy atom. The third-order valence-corrected chi connectivity index (χ3v) is 3.26. The summed E-state index contributed by atoms with van der Waals surface area (Å²) in [5, 5.41) is 8.46. The summed E-state index contributed by atoms with van der Waals surface area (Å²) in [6, 6.07) is 0. The van der Waals surface area contributed by atoms with Crippen molar-refractivity contribution in [3.05, 3.63) is 0 Å². The average Bonchev–Trinajstić information content (AvgIpc) is 2.19. The van der Waals surface area contributed by atoms with Crippen molar-refractivity contribution in [2.75, 3.05) is 0 Å². The highest BCUT2D eigenvalue weighted by Crippen LogP contribution is 2.32. The molecule has 1 fully saturated rings. The molecule has 1 N–H and O–H groups in total. The Morgan fingerprint density at radius 3 is 2.07 bits per heavy atom. The quantitative estimate of drug-likeness (QED) is 0.705. The molecular formula is C11H18O3. The molecule has 0 aromatic heterocycles. The van der Waals surface area contributed by atoms with E-state index in [9.17, 15) is 9.59 Å². The normalized spacial score (nSPS) is 27.2. The van der Waals surface area contributed by atoms with Gasteiger partial charge in [-0.1, -0.05) is 26.2 Å². The van der Waals surface area contributed by atoms with Crippen molar-refractivity contribution < 1.29 is 14.7 Å². The number of hydrogen-bond donors (Lipinski definition) is 1. The molecule has 0 amide bonds. The minimum absolute atomic E-state index is 0.242. The molecule has 3 nitrogen and oxygen atoms in total. The van der Waals surface area contributed by atoms with E-state index >= 15 is 0 Å². The lowest BCUT2D eigenvalue weighted by atomic mass is 9.79. The topological polar surface area (TPSA) is 54.4 Å². The SMILES string of the molecule is CCC1CCC(CC(=O)C(=O)O)CC1. The number of aliphatic carboxylic acids is 1. The van der Waals surface area contributed by atoms with Gasteiger partial charge in [-0.25, -0.2) is 4.79 Å². The molecule has 14 heavy (non-hydrogen) atoms. The van der Waals surface area contributed by atoms with Gasteiger partial charge in [-0.2, -0.15) is 0 Å². The third-order valence-electron chi connectivity index (χ3n) is 3.26. The Morgan fingerprint density at radius 1 is 1.14 bits per heavy atom. The Balaban J connectivity index is 2.29. The molecule has 0 atom stereocenters. The highest BCUT2D eigenvalue weighted by molar-refractivity contribution is 6.32. The van der Waals surface area contributed by atoms with Crippen LogP contribution in [-0.2, 0) is 9.59 Å². The fourth-order valence-corrected chi connectivity index (χ4v) is 2.19. The molecule has 1 saturated carbocycles. The van der Waals surface area contributed by atoms with Crippen LogP contribution in [0.25, 0.3) is 0 Å². The molecule has 0 radical (unpaired) electrons. The fraction of sp³-hybridized carbons (Fsp3) is 0.818. The number of carbonyl (C=O) groups is 2. The number of ketones is 1. The molecule has 0 aliphatic heterocycles. The van der Waals surface area contributed by atoms with Crippen molar-refractivity contribution in [1.29, 1.82) is 0 Å². The zero-order valence-electron chi connectivity index (χ0n) is 8.66. The molecule has 1 aliphatic rings. The number of carboxylic acids is 1. The van der Waals surface area contributed by atoms with Crippen molar-refractivity contribution in [2.24, 2.45) is 11.8 Å². The predicted molar refractivity (Wildman–Crippen MR) is 53.0 cm³/mol. The molecule has 0 heterocycles. The number of carbonyl (C=O) groups excluding carboxylic acids is 1. The molecule has 0 unspecified atom stereocenters. The summed E-state index contributed by atoms with van der Waals surface area (Å²) in [6.07, 6.45) is 5.82. The van der Waals surface area contributed by atoms with E-state index in [1.54, 1.807) is 0 Å². The van der Waals surface area contributed by atoms with E-state index in [0.717, 1.165) is 31.6 Å². The van der Waals surface area contributed by atoms with E-state index in [1.807, 2.05) is 0 Å². The first-order valence-electron chi connectivity index (χ1n) is 5.39. The Hall–Kier alpha value is -0.860. The lowest BCUT2D eigenvalue weighted by molar-refractivity contribution is -0.149. The van der Waals surface area contributed by atoms with Crippen molar-refractivity contribution in [3.63, 3.8) is 0 Å². The van der Waals surface area contributed by atoms with Crippen molar-refractivity contribution in [3.8, 4) is 0 Å². The van der Waals surface area contributed by atoms with Gasteiger partial charge in [-0.05, 0) is 24.7 Å². The first-order valence-corrected chi connectivity index (χ1v) is 5.39. The zero-order valence-corrected chi connectivity index (χ0v) is 8.66. The van der Waals surface area contributed by atoms with Crippen molar-refractivity contribution in [1.82, 2.24) is 0 Å². The maximum Gasteiger partial charge on any atom is 0.372 e. The van der Waals surface area contributed by atoms with Crippen LogP contribution in [0.1, 0.15) is 45.4 Å². The number of carboxylic acid groups (broad SMARTS) is 1. The predicted octanol–water partition coefficient (Wildman–Crippen LogP) is 2.25. The summed E-state index contributed by atoms with van der Waals surface area (Å²) in [7, 11) is 0. The fourth-order valence-electron chi connectivity index (χ4n) is 2.19. The second-order valence-electron chi connectivity index (χ2n) is 4.23. The van der Waals surface area contributed by atoms with Gasteiger partial charge in [0, 0.05) is 6.42 Å². The van der Waals surface area contributed by atoms with Crippen LogP contribution in [-0.4, -0.2) is 16.9 Å². The molecule has 3 heteroatoms. The smallest absolute Gasteiger partial charge is 0.372 e. The third kappa shape index (κ3) is 3.13. The lowest BCUT2D eigenvalue weighted by Crippen LogP contribution is -2.21. The van der Waals surface area contributed by atoms with Crippen LogP contribution >= 0.6 is 0 Å². The molecule has 1 aliphatic carbocycles. The van der Waals surface area contributed by atoms with Crippen LogP contribution in [0.3, 0.4) is 0 Å². The van der Waals surface area contributed by atoms with Gasteiger partial charge in [0.2, 0.25) is 5.78 Å². The largest absolute Gasteiger partial charge is 0.476 e. The van der Waals surface area contributed by atoms with Crippen LogP contribution < -0.4 is 0 Å². The molecule has 1 rings (SSSR count). The first kappa shape index (κ1) is 11.2. The van der Waals surface area contributed by atoms with Gasteiger partial charge in [0.05, 0.1) is 0 Å². The van der Waals surface area contributed by atoms with Crippen LogP contribution in [0.2, 0.25) is 0 Å². The molecule has 0 saturated heterocycles. The maximum absolute atomic E-state index is 11.0. The van der Waals surface area contributed by atoms with E-state index in [2.05, 4.69) is 6.92 Å². The Labute approximate surface area is 84.5 Å². The monoisotopic (exact) mass is 198 g/mol. The molecule has 0 bridgehead atoms. The van der Waals surface area contributed by atoms with E-state index in [-0.39, 0.29) is 6.42 Å². The van der Waals surface area contributed by atoms with Crippen LogP contribution in [0, 0.1) is 11.8 Å². The zero-order chi connectivity index (χ0) is 10.6. The molecule has 0 aromatic rings. The van der Waals surface area contributed by atoms with E-state index in [4.69, 9.17) is 5.11 Å². The van der Waals surface area contributed by atoms with Gasteiger partial charge in [0.15, 0.2) is 0 Å². The molecular weight excluding hydrogens is 180 g/mol.